The van der Waals surface area contributed by atoms with Gasteiger partial charge in [-0.05, 0) is 6.42 Å². The first-order valence-electron chi connectivity index (χ1n) is 8.62. The third kappa shape index (κ3) is 15.6. The maximum Gasteiger partial charge on any atom is 0.0718 e. The van der Waals surface area contributed by atoms with E-state index in [0.29, 0.717) is 0 Å². The van der Waals surface area contributed by atoms with Gasteiger partial charge in [0, 0.05) is 0 Å². The lowest BCUT2D eigenvalue weighted by atomic mass is 10.0. The van der Waals surface area contributed by atoms with Crippen LogP contribution < -0.4 is 0 Å². The van der Waals surface area contributed by atoms with Gasteiger partial charge in [-0.15, -0.1) is 6.58 Å². The first-order valence-corrected chi connectivity index (χ1v) is 8.62. The number of aliphatic hydroxyl groups is 1. The summed E-state index contributed by atoms with van der Waals surface area (Å²) in [6.45, 7) is 5.87. The predicted molar refractivity (Wildman–Crippen MR) is 86.5 cm³/mol. The second-order valence-corrected chi connectivity index (χ2v) is 5.83. The van der Waals surface area contributed by atoms with Gasteiger partial charge in [0.25, 0.3) is 0 Å². The minimum atomic E-state index is -0.285. The number of aliphatic hydroxyl groups excluding tert-OH is 1. The van der Waals surface area contributed by atoms with Crippen LogP contribution in [0, 0.1) is 0 Å². The molecule has 114 valence electrons. The van der Waals surface area contributed by atoms with Crippen molar-refractivity contribution in [1.82, 2.24) is 0 Å². The van der Waals surface area contributed by atoms with Gasteiger partial charge < -0.3 is 5.11 Å². The van der Waals surface area contributed by atoms with E-state index in [2.05, 4.69) is 13.5 Å². The summed E-state index contributed by atoms with van der Waals surface area (Å²) in [7, 11) is 0. The number of hydrogen-bond acceptors (Lipinski definition) is 1. The monoisotopic (exact) mass is 268 g/mol. The SMILES string of the molecule is C=CC(O)CCCCCCCCCCCCCCC. The molecule has 0 saturated carbocycles. The molecule has 0 saturated heterocycles. The van der Waals surface area contributed by atoms with Gasteiger partial charge in [-0.3, -0.25) is 0 Å². The van der Waals surface area contributed by atoms with E-state index in [9.17, 15) is 5.11 Å². The molecule has 0 aromatic heterocycles. The number of unbranched alkanes of at least 4 members (excludes halogenated alkanes) is 12. The van der Waals surface area contributed by atoms with Crippen molar-refractivity contribution >= 4 is 0 Å². The maximum atomic E-state index is 9.32. The Labute approximate surface area is 121 Å². The molecule has 0 rings (SSSR count). The summed E-state index contributed by atoms with van der Waals surface area (Å²) in [5, 5.41) is 9.32. The molecule has 1 unspecified atom stereocenters. The largest absolute Gasteiger partial charge is 0.389 e. The zero-order chi connectivity index (χ0) is 14.2. The van der Waals surface area contributed by atoms with Gasteiger partial charge >= 0.3 is 0 Å². The Kier molecular flexibility index (Phi) is 15.5. The summed E-state index contributed by atoms with van der Waals surface area (Å²) < 4.78 is 0. The molecule has 19 heavy (non-hydrogen) atoms. The molecule has 1 heteroatoms. The Morgan fingerprint density at radius 3 is 1.47 bits per heavy atom. The van der Waals surface area contributed by atoms with Crippen molar-refractivity contribution in [2.24, 2.45) is 0 Å². The van der Waals surface area contributed by atoms with Crippen LogP contribution in [0.25, 0.3) is 0 Å². The molecule has 0 aliphatic heterocycles. The lowest BCUT2D eigenvalue weighted by Crippen LogP contribution is -2.00. The van der Waals surface area contributed by atoms with E-state index < -0.39 is 0 Å². The Morgan fingerprint density at radius 2 is 1.11 bits per heavy atom. The van der Waals surface area contributed by atoms with E-state index in [0.717, 1.165) is 12.8 Å². The molecule has 0 aliphatic rings. The van der Waals surface area contributed by atoms with Crippen molar-refractivity contribution in [3.63, 3.8) is 0 Å². The average molecular weight is 268 g/mol. The molecule has 0 fully saturated rings. The molecule has 0 amide bonds. The van der Waals surface area contributed by atoms with Crippen molar-refractivity contribution in [1.29, 1.82) is 0 Å². The molecule has 0 spiro atoms. The van der Waals surface area contributed by atoms with E-state index in [1.165, 1.54) is 77.0 Å². The summed E-state index contributed by atoms with van der Waals surface area (Å²) in [5.41, 5.74) is 0. The third-order valence-electron chi connectivity index (χ3n) is 3.88. The summed E-state index contributed by atoms with van der Waals surface area (Å²) in [5.74, 6) is 0. The van der Waals surface area contributed by atoms with Crippen molar-refractivity contribution in [2.45, 2.75) is 103 Å². The first-order chi connectivity index (χ1) is 9.31. The van der Waals surface area contributed by atoms with Crippen LogP contribution in [0.15, 0.2) is 12.7 Å². The topological polar surface area (TPSA) is 20.2 Å². The van der Waals surface area contributed by atoms with Gasteiger partial charge in [0.15, 0.2) is 0 Å². The van der Waals surface area contributed by atoms with Crippen molar-refractivity contribution in [3.05, 3.63) is 12.7 Å². The predicted octanol–water partition coefficient (Wildman–Crippen LogP) is 6.01. The fourth-order valence-electron chi connectivity index (χ4n) is 2.49. The van der Waals surface area contributed by atoms with Crippen LogP contribution >= 0.6 is 0 Å². The third-order valence-corrected chi connectivity index (χ3v) is 3.88. The van der Waals surface area contributed by atoms with Crippen LogP contribution in [0.3, 0.4) is 0 Å². The van der Waals surface area contributed by atoms with Crippen LogP contribution in [0.4, 0.5) is 0 Å². The fourth-order valence-corrected chi connectivity index (χ4v) is 2.49. The minimum absolute atomic E-state index is 0.285. The average Bonchev–Trinajstić information content (AvgIpc) is 2.43. The summed E-state index contributed by atoms with van der Waals surface area (Å²) in [4.78, 5) is 0. The molecule has 0 aliphatic carbocycles. The van der Waals surface area contributed by atoms with Gasteiger partial charge in [0.1, 0.15) is 0 Å². The number of hydrogen-bond donors (Lipinski definition) is 1. The van der Waals surface area contributed by atoms with E-state index >= 15 is 0 Å². The Hall–Kier alpha value is -0.300. The Bertz CT molecular complexity index is 177. The van der Waals surface area contributed by atoms with Crippen LogP contribution in [0.2, 0.25) is 0 Å². The smallest absolute Gasteiger partial charge is 0.0718 e. The minimum Gasteiger partial charge on any atom is -0.389 e. The molecular formula is C18H36O. The highest BCUT2D eigenvalue weighted by Gasteiger charge is 1.97. The van der Waals surface area contributed by atoms with Gasteiger partial charge in [0.2, 0.25) is 0 Å². The molecule has 1 nitrogen and oxygen atoms in total. The van der Waals surface area contributed by atoms with Crippen LogP contribution in [-0.2, 0) is 0 Å². The fraction of sp³-hybridized carbons (Fsp3) is 0.889. The van der Waals surface area contributed by atoms with E-state index in [4.69, 9.17) is 0 Å². The van der Waals surface area contributed by atoms with Gasteiger partial charge in [0.05, 0.1) is 6.10 Å². The number of rotatable bonds is 15. The standard InChI is InChI=1S/C18H36O/c1-3-5-6-7-8-9-10-11-12-13-14-15-16-17-18(19)4-2/h4,18-19H,2-3,5-17H2,1H3. The summed E-state index contributed by atoms with van der Waals surface area (Å²) in [6.07, 6.45) is 20.1. The normalized spacial score (nSPS) is 12.5. The Balaban J connectivity index is 2.97. The second-order valence-electron chi connectivity index (χ2n) is 5.83. The molecule has 0 radical (unpaired) electrons. The Morgan fingerprint density at radius 1 is 0.737 bits per heavy atom. The summed E-state index contributed by atoms with van der Waals surface area (Å²) >= 11 is 0. The lowest BCUT2D eigenvalue weighted by molar-refractivity contribution is 0.208. The van der Waals surface area contributed by atoms with Crippen molar-refractivity contribution in [3.8, 4) is 0 Å². The van der Waals surface area contributed by atoms with E-state index in [-0.39, 0.29) is 6.10 Å². The second kappa shape index (κ2) is 15.8. The van der Waals surface area contributed by atoms with E-state index in [1.807, 2.05) is 0 Å². The van der Waals surface area contributed by atoms with Crippen LogP contribution in [0.5, 0.6) is 0 Å². The zero-order valence-electron chi connectivity index (χ0n) is 13.2. The molecule has 0 aromatic rings. The first kappa shape index (κ1) is 18.7. The highest BCUT2D eigenvalue weighted by atomic mass is 16.3. The molecular weight excluding hydrogens is 232 g/mol. The van der Waals surface area contributed by atoms with Crippen molar-refractivity contribution in [2.75, 3.05) is 0 Å². The van der Waals surface area contributed by atoms with Crippen LogP contribution in [0.1, 0.15) is 96.8 Å². The molecule has 0 bridgehead atoms. The van der Waals surface area contributed by atoms with Crippen LogP contribution in [-0.4, -0.2) is 11.2 Å². The highest BCUT2D eigenvalue weighted by Crippen LogP contribution is 2.13. The highest BCUT2D eigenvalue weighted by molar-refractivity contribution is 4.77. The van der Waals surface area contributed by atoms with Crippen molar-refractivity contribution < 1.29 is 5.11 Å². The zero-order valence-corrected chi connectivity index (χ0v) is 13.2. The molecule has 1 atom stereocenters. The molecule has 1 N–H and O–H groups in total. The summed E-state index contributed by atoms with van der Waals surface area (Å²) in [6, 6.07) is 0. The van der Waals surface area contributed by atoms with Gasteiger partial charge in [-0.2, -0.15) is 0 Å². The lowest BCUT2D eigenvalue weighted by Gasteiger charge is -2.05. The molecule has 0 heterocycles. The van der Waals surface area contributed by atoms with E-state index in [1.54, 1.807) is 6.08 Å². The van der Waals surface area contributed by atoms with Gasteiger partial charge in [-0.1, -0.05) is 96.5 Å². The molecule has 0 aromatic carbocycles. The maximum absolute atomic E-state index is 9.32. The van der Waals surface area contributed by atoms with Gasteiger partial charge in [-0.25, -0.2) is 0 Å². The quantitative estimate of drug-likeness (QED) is 0.284.